The number of hydrogen-bond acceptors (Lipinski definition) is 7. The van der Waals surface area contributed by atoms with E-state index in [2.05, 4.69) is 28.0 Å². The minimum absolute atomic E-state index is 0.214. The molecule has 40 heavy (non-hydrogen) atoms. The van der Waals surface area contributed by atoms with E-state index >= 15 is 0 Å². The van der Waals surface area contributed by atoms with Gasteiger partial charge in [0.25, 0.3) is 5.56 Å². The summed E-state index contributed by atoms with van der Waals surface area (Å²) < 4.78 is 7.51. The molecule has 1 atom stereocenters. The molecule has 0 saturated carbocycles. The minimum Gasteiger partial charge on any atom is -0.490 e. The van der Waals surface area contributed by atoms with Gasteiger partial charge < -0.3 is 9.64 Å². The van der Waals surface area contributed by atoms with Crippen molar-refractivity contribution in [1.29, 1.82) is 5.26 Å². The van der Waals surface area contributed by atoms with Crippen LogP contribution in [-0.2, 0) is 0 Å². The smallest absolute Gasteiger partial charge is 0.251 e. The molecule has 3 heterocycles. The average molecular weight is 532 g/mol. The Morgan fingerprint density at radius 3 is 2.50 bits per heavy atom. The lowest BCUT2D eigenvalue weighted by molar-refractivity contribution is 0.103. The molecule has 0 N–H and O–H groups in total. The van der Waals surface area contributed by atoms with Crippen molar-refractivity contribution in [2.45, 2.75) is 25.8 Å². The second-order valence-corrected chi connectivity index (χ2v) is 10.6. The van der Waals surface area contributed by atoms with E-state index < -0.39 is 6.04 Å². The molecule has 1 aliphatic carbocycles. The Morgan fingerprint density at radius 1 is 1.00 bits per heavy atom. The zero-order chi connectivity index (χ0) is 27.8. The fourth-order valence-corrected chi connectivity index (χ4v) is 5.62. The first-order valence-corrected chi connectivity index (χ1v) is 13.5. The van der Waals surface area contributed by atoms with Crippen LogP contribution in [0.15, 0.2) is 71.8 Å². The Morgan fingerprint density at radius 2 is 1.75 bits per heavy atom. The highest BCUT2D eigenvalue weighted by atomic mass is 16.5. The number of nitrogens with zero attached hydrogens (tertiary/aromatic N) is 5. The van der Waals surface area contributed by atoms with E-state index in [-0.39, 0.29) is 11.3 Å². The van der Waals surface area contributed by atoms with Crippen molar-refractivity contribution >= 4 is 5.78 Å². The molecule has 2 aromatic heterocycles. The van der Waals surface area contributed by atoms with Crippen LogP contribution in [0, 0.1) is 17.2 Å². The standard InChI is InChI=1S/C32H29N5O3/c1-20(37-29(38)9-8-26-28-14-22(16-33)6-7-27(28)31(39)30(26)37)23-4-3-5-24(15-23)32-34-17-25(18-35-32)40-19-21-10-12-36(2)13-11-21/h3-9,14-15,17-18,20-21H,10-13,19H2,1-2H3. The number of fused-ring (bicyclic) bond motifs is 3. The van der Waals surface area contributed by atoms with Gasteiger partial charge in [0, 0.05) is 22.8 Å². The third-order valence-corrected chi connectivity index (χ3v) is 7.99. The fraction of sp³-hybridized carbons (Fsp3) is 0.281. The van der Waals surface area contributed by atoms with E-state index in [4.69, 9.17) is 4.74 Å². The van der Waals surface area contributed by atoms with Crippen LogP contribution in [0.25, 0.3) is 22.5 Å². The molecule has 0 amide bonds. The zero-order valence-corrected chi connectivity index (χ0v) is 22.5. The topological polar surface area (TPSA) is 101 Å². The minimum atomic E-state index is -0.423. The van der Waals surface area contributed by atoms with Gasteiger partial charge in [-0.2, -0.15) is 5.26 Å². The second-order valence-electron chi connectivity index (χ2n) is 10.6. The number of pyridine rings is 1. The third-order valence-electron chi connectivity index (χ3n) is 7.99. The number of likely N-dealkylation sites (tertiary alicyclic amines) is 1. The molecule has 0 spiro atoms. The van der Waals surface area contributed by atoms with Gasteiger partial charge in [0.2, 0.25) is 5.78 Å². The van der Waals surface area contributed by atoms with Gasteiger partial charge in [-0.25, -0.2) is 9.97 Å². The van der Waals surface area contributed by atoms with Crippen molar-refractivity contribution in [3.8, 4) is 34.3 Å². The lowest BCUT2D eigenvalue weighted by Crippen LogP contribution is -2.32. The normalized spacial score (nSPS) is 15.8. The largest absolute Gasteiger partial charge is 0.490 e. The Labute approximate surface area is 232 Å². The summed E-state index contributed by atoms with van der Waals surface area (Å²) in [5, 5.41) is 9.33. The first-order chi connectivity index (χ1) is 19.4. The maximum atomic E-state index is 13.4. The van der Waals surface area contributed by atoms with E-state index in [9.17, 15) is 14.9 Å². The molecular weight excluding hydrogens is 502 g/mol. The quantitative estimate of drug-likeness (QED) is 0.313. The number of carbonyl (C=O) groups is 1. The van der Waals surface area contributed by atoms with Gasteiger partial charge in [0.05, 0.1) is 36.7 Å². The maximum Gasteiger partial charge on any atom is 0.251 e. The van der Waals surface area contributed by atoms with Gasteiger partial charge in [-0.3, -0.25) is 14.2 Å². The number of carbonyl (C=O) groups excluding carboxylic acids is 1. The highest BCUT2D eigenvalue weighted by molar-refractivity contribution is 6.20. The maximum absolute atomic E-state index is 13.4. The predicted octanol–water partition coefficient (Wildman–Crippen LogP) is 4.72. The molecule has 0 bridgehead atoms. The number of ketones is 1. The highest BCUT2D eigenvalue weighted by Crippen LogP contribution is 2.38. The van der Waals surface area contributed by atoms with E-state index in [1.807, 2.05) is 31.2 Å². The summed E-state index contributed by atoms with van der Waals surface area (Å²) in [6, 6.07) is 17.6. The van der Waals surface area contributed by atoms with E-state index in [0.717, 1.165) is 37.1 Å². The third kappa shape index (κ3) is 4.69. The summed E-state index contributed by atoms with van der Waals surface area (Å²) in [5.74, 6) is 1.54. The number of rotatable bonds is 6. The van der Waals surface area contributed by atoms with E-state index in [1.165, 1.54) is 6.07 Å². The highest BCUT2D eigenvalue weighted by Gasteiger charge is 2.32. The summed E-state index contributed by atoms with van der Waals surface area (Å²) in [6.45, 7) is 4.76. The summed E-state index contributed by atoms with van der Waals surface area (Å²) in [4.78, 5) is 37.9. The molecule has 2 aliphatic rings. The molecule has 8 heteroatoms. The fourth-order valence-electron chi connectivity index (χ4n) is 5.62. The van der Waals surface area contributed by atoms with Crippen molar-refractivity contribution in [2.24, 2.45) is 5.92 Å². The van der Waals surface area contributed by atoms with Crippen molar-refractivity contribution in [2.75, 3.05) is 26.7 Å². The lowest BCUT2D eigenvalue weighted by atomic mass is 9.98. The van der Waals surface area contributed by atoms with E-state index in [0.29, 0.717) is 52.0 Å². The summed E-state index contributed by atoms with van der Waals surface area (Å²) in [6.07, 6.45) is 5.67. The number of ether oxygens (including phenoxy) is 1. The molecule has 1 saturated heterocycles. The molecule has 2 aromatic carbocycles. The summed E-state index contributed by atoms with van der Waals surface area (Å²) >= 11 is 0. The van der Waals surface area contributed by atoms with Gasteiger partial charge in [-0.15, -0.1) is 0 Å². The number of piperidine rings is 1. The Kier molecular flexibility index (Phi) is 6.74. The van der Waals surface area contributed by atoms with Crippen LogP contribution in [-0.4, -0.2) is 52.0 Å². The molecule has 4 aromatic rings. The predicted molar refractivity (Wildman–Crippen MR) is 151 cm³/mol. The summed E-state index contributed by atoms with van der Waals surface area (Å²) in [7, 11) is 2.15. The number of aromatic nitrogens is 3. The monoisotopic (exact) mass is 531 g/mol. The van der Waals surface area contributed by atoms with Crippen LogP contribution in [0.1, 0.15) is 53.0 Å². The molecule has 6 rings (SSSR count). The number of hydrogen-bond donors (Lipinski definition) is 0. The molecule has 0 radical (unpaired) electrons. The van der Waals surface area contributed by atoms with Crippen LogP contribution in [0.3, 0.4) is 0 Å². The first-order valence-electron chi connectivity index (χ1n) is 13.5. The zero-order valence-electron chi connectivity index (χ0n) is 22.5. The summed E-state index contributed by atoms with van der Waals surface area (Å²) in [5.41, 5.74) is 4.05. The van der Waals surface area contributed by atoms with Crippen molar-refractivity contribution in [3.63, 3.8) is 0 Å². The first kappa shape index (κ1) is 25.7. The van der Waals surface area contributed by atoms with Crippen LogP contribution in [0.5, 0.6) is 5.75 Å². The molecule has 200 valence electrons. The van der Waals surface area contributed by atoms with Gasteiger partial charge >= 0.3 is 0 Å². The molecular formula is C32H29N5O3. The van der Waals surface area contributed by atoms with Crippen LogP contribution in [0.2, 0.25) is 0 Å². The average Bonchev–Trinajstić information content (AvgIpc) is 3.27. The molecule has 1 fully saturated rings. The molecule has 8 nitrogen and oxygen atoms in total. The Bertz CT molecular complexity index is 1700. The van der Waals surface area contributed by atoms with Crippen molar-refractivity contribution in [1.82, 2.24) is 19.4 Å². The van der Waals surface area contributed by atoms with Crippen LogP contribution in [0.4, 0.5) is 0 Å². The van der Waals surface area contributed by atoms with Crippen molar-refractivity contribution < 1.29 is 9.53 Å². The van der Waals surface area contributed by atoms with Gasteiger partial charge in [0.1, 0.15) is 5.69 Å². The van der Waals surface area contributed by atoms with E-state index in [1.54, 1.807) is 41.2 Å². The Balaban J connectivity index is 1.25. The second kappa shape index (κ2) is 10.5. The van der Waals surface area contributed by atoms with Gasteiger partial charge in [-0.05, 0) is 87.3 Å². The molecule has 1 unspecified atom stereocenters. The van der Waals surface area contributed by atoms with Crippen molar-refractivity contribution in [3.05, 3.63) is 99.7 Å². The van der Waals surface area contributed by atoms with Gasteiger partial charge in [-0.1, -0.05) is 18.2 Å². The number of benzene rings is 2. The molecule has 1 aliphatic heterocycles. The Hall–Kier alpha value is -4.61. The van der Waals surface area contributed by atoms with Gasteiger partial charge in [0.15, 0.2) is 11.6 Å². The SMILES string of the molecule is CC(c1cccc(-c2ncc(OCC3CCN(C)CC3)cn2)c1)n1c2c(ccc1=O)-c1cc(C#N)ccc1C2=O. The number of nitriles is 1. The van der Waals surface area contributed by atoms with Crippen LogP contribution >= 0.6 is 0 Å². The van der Waals surface area contributed by atoms with Crippen LogP contribution < -0.4 is 10.3 Å². The lowest BCUT2D eigenvalue weighted by Gasteiger charge is -2.28.